The van der Waals surface area contributed by atoms with Gasteiger partial charge >= 0.3 is 0 Å². The molecule has 0 amide bonds. The predicted molar refractivity (Wildman–Crippen MR) is 76.6 cm³/mol. The lowest BCUT2D eigenvalue weighted by atomic mass is 10.1. The number of rotatable bonds is 5. The standard InChI is InChI=1S/C15H16ClNO2/c16-13-3-6-15(19)12(9-13)10-17-8-7-11-1-4-14(18)5-2-11/h1-6,9,17-19H,7-8,10H2. The van der Waals surface area contributed by atoms with Crippen LogP contribution in [0.3, 0.4) is 0 Å². The van der Waals surface area contributed by atoms with Crippen molar-refractivity contribution < 1.29 is 10.2 Å². The van der Waals surface area contributed by atoms with Gasteiger partial charge in [0.05, 0.1) is 0 Å². The van der Waals surface area contributed by atoms with Crippen LogP contribution in [-0.4, -0.2) is 16.8 Å². The molecule has 2 aromatic carbocycles. The van der Waals surface area contributed by atoms with Gasteiger partial charge < -0.3 is 15.5 Å². The van der Waals surface area contributed by atoms with Crippen molar-refractivity contribution in [3.63, 3.8) is 0 Å². The number of benzene rings is 2. The van der Waals surface area contributed by atoms with E-state index in [4.69, 9.17) is 11.6 Å². The summed E-state index contributed by atoms with van der Waals surface area (Å²) in [5, 5.41) is 22.7. The fourth-order valence-corrected chi connectivity index (χ4v) is 2.01. The lowest BCUT2D eigenvalue weighted by Crippen LogP contribution is -2.16. The SMILES string of the molecule is Oc1ccc(CCNCc2cc(Cl)ccc2O)cc1. The number of phenolic OH excluding ortho intramolecular Hbond substituents is 2. The highest BCUT2D eigenvalue weighted by Gasteiger charge is 2.01. The molecule has 3 nitrogen and oxygen atoms in total. The zero-order valence-electron chi connectivity index (χ0n) is 10.4. The number of nitrogens with one attached hydrogen (secondary N) is 1. The van der Waals surface area contributed by atoms with Crippen molar-refractivity contribution in [1.29, 1.82) is 0 Å². The summed E-state index contributed by atoms with van der Waals surface area (Å²) < 4.78 is 0. The zero-order valence-corrected chi connectivity index (χ0v) is 11.2. The molecule has 0 saturated heterocycles. The Morgan fingerprint density at radius 1 is 1.00 bits per heavy atom. The maximum Gasteiger partial charge on any atom is 0.120 e. The van der Waals surface area contributed by atoms with Crippen LogP contribution >= 0.6 is 11.6 Å². The first-order valence-electron chi connectivity index (χ1n) is 6.11. The van der Waals surface area contributed by atoms with Crippen LogP contribution in [0.2, 0.25) is 5.02 Å². The van der Waals surface area contributed by atoms with Crippen LogP contribution in [0, 0.1) is 0 Å². The van der Waals surface area contributed by atoms with E-state index in [1.165, 1.54) is 0 Å². The topological polar surface area (TPSA) is 52.5 Å². The van der Waals surface area contributed by atoms with Crippen LogP contribution in [0.1, 0.15) is 11.1 Å². The minimum Gasteiger partial charge on any atom is -0.508 e. The number of aromatic hydroxyl groups is 2. The van der Waals surface area contributed by atoms with Gasteiger partial charge in [0.1, 0.15) is 11.5 Å². The molecule has 0 atom stereocenters. The summed E-state index contributed by atoms with van der Waals surface area (Å²) in [5.74, 6) is 0.530. The van der Waals surface area contributed by atoms with E-state index >= 15 is 0 Å². The molecule has 0 bridgehead atoms. The molecule has 0 spiro atoms. The van der Waals surface area contributed by atoms with E-state index in [0.717, 1.165) is 24.1 Å². The van der Waals surface area contributed by atoms with Gasteiger partial charge in [-0.05, 0) is 48.9 Å². The van der Waals surface area contributed by atoms with Crippen LogP contribution in [0.15, 0.2) is 42.5 Å². The average Bonchev–Trinajstić information content (AvgIpc) is 2.40. The van der Waals surface area contributed by atoms with Gasteiger partial charge in [-0.3, -0.25) is 0 Å². The third-order valence-electron chi connectivity index (χ3n) is 2.88. The number of phenols is 2. The van der Waals surface area contributed by atoms with E-state index < -0.39 is 0 Å². The summed E-state index contributed by atoms with van der Waals surface area (Å²) in [6, 6.07) is 12.2. The summed E-state index contributed by atoms with van der Waals surface area (Å²) >= 11 is 5.88. The van der Waals surface area contributed by atoms with Crippen LogP contribution in [0.4, 0.5) is 0 Å². The van der Waals surface area contributed by atoms with Gasteiger partial charge in [-0.25, -0.2) is 0 Å². The number of hydrogen-bond acceptors (Lipinski definition) is 3. The first kappa shape index (κ1) is 13.7. The molecule has 0 heterocycles. The van der Waals surface area contributed by atoms with Crippen LogP contribution in [-0.2, 0) is 13.0 Å². The molecular weight excluding hydrogens is 262 g/mol. The zero-order chi connectivity index (χ0) is 13.7. The van der Waals surface area contributed by atoms with E-state index in [-0.39, 0.29) is 11.5 Å². The molecule has 2 aromatic rings. The highest BCUT2D eigenvalue weighted by Crippen LogP contribution is 2.21. The van der Waals surface area contributed by atoms with E-state index in [9.17, 15) is 10.2 Å². The third-order valence-corrected chi connectivity index (χ3v) is 3.12. The summed E-state index contributed by atoms with van der Waals surface area (Å²) in [6.45, 7) is 1.36. The van der Waals surface area contributed by atoms with Crippen molar-refractivity contribution in [3.05, 3.63) is 58.6 Å². The van der Waals surface area contributed by atoms with Crippen molar-refractivity contribution in [1.82, 2.24) is 5.32 Å². The van der Waals surface area contributed by atoms with Crippen LogP contribution < -0.4 is 5.32 Å². The van der Waals surface area contributed by atoms with Gasteiger partial charge in [-0.1, -0.05) is 23.7 Å². The Labute approximate surface area is 117 Å². The fourth-order valence-electron chi connectivity index (χ4n) is 1.81. The van der Waals surface area contributed by atoms with Gasteiger partial charge in [0, 0.05) is 17.1 Å². The smallest absolute Gasteiger partial charge is 0.120 e. The van der Waals surface area contributed by atoms with Crippen molar-refractivity contribution in [2.75, 3.05) is 6.54 Å². The molecule has 0 aromatic heterocycles. The third kappa shape index (κ3) is 4.16. The summed E-state index contributed by atoms with van der Waals surface area (Å²) in [5.41, 5.74) is 1.94. The average molecular weight is 278 g/mol. The van der Waals surface area contributed by atoms with Crippen molar-refractivity contribution >= 4 is 11.6 Å². The Morgan fingerprint density at radius 3 is 2.47 bits per heavy atom. The van der Waals surface area contributed by atoms with Gasteiger partial charge in [0.25, 0.3) is 0 Å². The molecule has 0 aliphatic carbocycles. The van der Waals surface area contributed by atoms with Gasteiger partial charge in [0.15, 0.2) is 0 Å². The van der Waals surface area contributed by atoms with Crippen molar-refractivity contribution in [2.45, 2.75) is 13.0 Å². The van der Waals surface area contributed by atoms with E-state index in [1.807, 2.05) is 12.1 Å². The molecule has 0 aliphatic heterocycles. The molecule has 100 valence electrons. The molecule has 19 heavy (non-hydrogen) atoms. The van der Waals surface area contributed by atoms with E-state index in [2.05, 4.69) is 5.32 Å². The number of hydrogen-bond donors (Lipinski definition) is 3. The van der Waals surface area contributed by atoms with Gasteiger partial charge in [-0.2, -0.15) is 0 Å². The Balaban J connectivity index is 1.80. The fraction of sp³-hybridized carbons (Fsp3) is 0.200. The lowest BCUT2D eigenvalue weighted by Gasteiger charge is -2.07. The lowest BCUT2D eigenvalue weighted by molar-refractivity contribution is 0.464. The van der Waals surface area contributed by atoms with Gasteiger partial charge in [-0.15, -0.1) is 0 Å². The largest absolute Gasteiger partial charge is 0.508 e. The maximum absolute atomic E-state index is 9.66. The molecule has 4 heteroatoms. The number of halogens is 1. The second-order valence-electron chi connectivity index (χ2n) is 4.37. The first-order chi connectivity index (χ1) is 9.15. The van der Waals surface area contributed by atoms with Crippen molar-refractivity contribution in [2.24, 2.45) is 0 Å². The van der Waals surface area contributed by atoms with Crippen LogP contribution in [0.5, 0.6) is 11.5 Å². The second kappa shape index (κ2) is 6.45. The molecule has 0 radical (unpaired) electrons. The Kier molecular flexibility index (Phi) is 4.66. The minimum atomic E-state index is 0.251. The van der Waals surface area contributed by atoms with Crippen molar-refractivity contribution in [3.8, 4) is 11.5 Å². The van der Waals surface area contributed by atoms with E-state index in [0.29, 0.717) is 11.6 Å². The normalized spacial score (nSPS) is 10.6. The summed E-state index contributed by atoms with van der Waals surface area (Å²) in [7, 11) is 0. The molecule has 2 rings (SSSR count). The molecule has 0 fully saturated rings. The minimum absolute atomic E-state index is 0.251. The Bertz CT molecular complexity index is 540. The summed E-state index contributed by atoms with van der Waals surface area (Å²) in [6.07, 6.45) is 0.863. The maximum atomic E-state index is 9.66. The van der Waals surface area contributed by atoms with Gasteiger partial charge in [0.2, 0.25) is 0 Å². The Morgan fingerprint density at radius 2 is 1.74 bits per heavy atom. The van der Waals surface area contributed by atoms with Crippen LogP contribution in [0.25, 0.3) is 0 Å². The molecule has 0 aliphatic rings. The molecule has 0 unspecified atom stereocenters. The highest BCUT2D eigenvalue weighted by atomic mass is 35.5. The quantitative estimate of drug-likeness (QED) is 0.736. The molecule has 3 N–H and O–H groups in total. The second-order valence-corrected chi connectivity index (χ2v) is 4.80. The van der Waals surface area contributed by atoms with E-state index in [1.54, 1.807) is 30.3 Å². The molecular formula is C15H16ClNO2. The highest BCUT2D eigenvalue weighted by molar-refractivity contribution is 6.30. The monoisotopic (exact) mass is 277 g/mol. The summed E-state index contributed by atoms with van der Waals surface area (Å²) in [4.78, 5) is 0. The predicted octanol–water partition coefficient (Wildman–Crippen LogP) is 3.08. The first-order valence-corrected chi connectivity index (χ1v) is 6.49. The Hall–Kier alpha value is -1.71. The molecule has 0 saturated carbocycles.